The molecule has 0 aliphatic carbocycles. The third-order valence-electron chi connectivity index (χ3n) is 2.96. The van der Waals surface area contributed by atoms with E-state index < -0.39 is 0 Å². The second-order valence-corrected chi connectivity index (χ2v) is 5.95. The lowest BCUT2D eigenvalue weighted by Gasteiger charge is -2.14. The van der Waals surface area contributed by atoms with Crippen LogP contribution in [-0.4, -0.2) is 12.1 Å². The number of hydrogen-bond acceptors (Lipinski definition) is 5. The first-order valence-corrected chi connectivity index (χ1v) is 8.06. The van der Waals surface area contributed by atoms with Gasteiger partial charge in [0.2, 0.25) is 0 Å². The van der Waals surface area contributed by atoms with Gasteiger partial charge in [-0.25, -0.2) is 4.98 Å². The van der Waals surface area contributed by atoms with Gasteiger partial charge in [0.1, 0.15) is 6.61 Å². The average molecular weight is 327 g/mol. The molecule has 2 aromatic rings. The SMILES string of the molecule is CCCc1nc(COc2c(CN)cc(Cl)cc2OC)cs1. The molecule has 1 heterocycles. The summed E-state index contributed by atoms with van der Waals surface area (Å²) in [5, 5.41) is 3.74. The van der Waals surface area contributed by atoms with E-state index >= 15 is 0 Å². The first kappa shape index (κ1) is 16.1. The van der Waals surface area contributed by atoms with Crippen molar-refractivity contribution in [2.24, 2.45) is 5.73 Å². The quantitative estimate of drug-likeness (QED) is 0.841. The maximum absolute atomic E-state index is 6.03. The Bertz CT molecular complexity index is 576. The Labute approximate surface area is 133 Å². The van der Waals surface area contributed by atoms with Crippen LogP contribution in [0.25, 0.3) is 0 Å². The van der Waals surface area contributed by atoms with Crippen molar-refractivity contribution in [2.75, 3.05) is 7.11 Å². The number of benzene rings is 1. The van der Waals surface area contributed by atoms with Crippen LogP contribution in [0.4, 0.5) is 0 Å². The van der Waals surface area contributed by atoms with Crippen LogP contribution in [0.1, 0.15) is 29.6 Å². The van der Waals surface area contributed by atoms with E-state index in [4.69, 9.17) is 26.8 Å². The fourth-order valence-electron chi connectivity index (χ4n) is 1.98. The Morgan fingerprint density at radius 3 is 2.86 bits per heavy atom. The summed E-state index contributed by atoms with van der Waals surface area (Å²) in [5.41, 5.74) is 7.49. The number of methoxy groups -OCH3 is 1. The normalized spacial score (nSPS) is 10.7. The minimum Gasteiger partial charge on any atom is -0.493 e. The van der Waals surface area contributed by atoms with Crippen molar-refractivity contribution < 1.29 is 9.47 Å². The molecule has 6 heteroatoms. The molecule has 0 atom stereocenters. The van der Waals surface area contributed by atoms with E-state index in [0.717, 1.165) is 29.1 Å². The lowest BCUT2D eigenvalue weighted by atomic mass is 10.2. The molecular formula is C15H19ClN2O2S. The third-order valence-corrected chi connectivity index (χ3v) is 4.14. The lowest BCUT2D eigenvalue weighted by Crippen LogP contribution is -2.05. The number of hydrogen-bond donors (Lipinski definition) is 1. The molecule has 0 saturated carbocycles. The minimum atomic E-state index is 0.338. The summed E-state index contributed by atoms with van der Waals surface area (Å²) in [6.07, 6.45) is 2.10. The molecule has 1 aromatic heterocycles. The highest BCUT2D eigenvalue weighted by Crippen LogP contribution is 2.35. The summed E-state index contributed by atoms with van der Waals surface area (Å²) in [5.74, 6) is 1.22. The van der Waals surface area contributed by atoms with Gasteiger partial charge in [-0.15, -0.1) is 11.3 Å². The zero-order valence-corrected chi connectivity index (χ0v) is 13.8. The Kier molecular flexibility index (Phi) is 5.85. The molecule has 0 aliphatic rings. The summed E-state index contributed by atoms with van der Waals surface area (Å²) in [6, 6.07) is 3.52. The van der Waals surface area contributed by atoms with Gasteiger partial charge in [-0.2, -0.15) is 0 Å². The van der Waals surface area contributed by atoms with Crippen LogP contribution in [0.3, 0.4) is 0 Å². The van der Waals surface area contributed by atoms with Crippen molar-refractivity contribution in [3.8, 4) is 11.5 Å². The van der Waals surface area contributed by atoms with Gasteiger partial charge in [0.15, 0.2) is 11.5 Å². The molecule has 0 bridgehead atoms. The Hall–Kier alpha value is -1.30. The molecule has 0 unspecified atom stereocenters. The van der Waals surface area contributed by atoms with Gasteiger partial charge in [-0.05, 0) is 18.9 Å². The van der Waals surface area contributed by atoms with Gasteiger partial charge in [0, 0.05) is 28.6 Å². The van der Waals surface area contributed by atoms with Gasteiger partial charge in [-0.1, -0.05) is 18.5 Å². The molecule has 0 spiro atoms. The van der Waals surface area contributed by atoms with Gasteiger partial charge in [0.05, 0.1) is 17.8 Å². The number of aryl methyl sites for hydroxylation is 1. The zero-order valence-electron chi connectivity index (χ0n) is 12.2. The molecule has 114 valence electrons. The highest BCUT2D eigenvalue weighted by atomic mass is 35.5. The molecule has 0 saturated heterocycles. The second-order valence-electron chi connectivity index (χ2n) is 4.57. The number of ether oxygens (including phenoxy) is 2. The van der Waals surface area contributed by atoms with Crippen molar-refractivity contribution >= 4 is 22.9 Å². The Morgan fingerprint density at radius 1 is 1.38 bits per heavy atom. The first-order valence-electron chi connectivity index (χ1n) is 6.80. The monoisotopic (exact) mass is 326 g/mol. The van der Waals surface area contributed by atoms with Crippen LogP contribution >= 0.6 is 22.9 Å². The van der Waals surface area contributed by atoms with Crippen LogP contribution in [0.15, 0.2) is 17.5 Å². The van der Waals surface area contributed by atoms with Gasteiger partial charge in [0.25, 0.3) is 0 Å². The van der Waals surface area contributed by atoms with E-state index in [1.54, 1.807) is 30.6 Å². The fourth-order valence-corrected chi connectivity index (χ4v) is 3.10. The lowest BCUT2D eigenvalue weighted by molar-refractivity contribution is 0.278. The molecule has 0 aliphatic heterocycles. The van der Waals surface area contributed by atoms with Crippen LogP contribution < -0.4 is 15.2 Å². The number of aromatic nitrogens is 1. The van der Waals surface area contributed by atoms with Crippen LogP contribution in [0.5, 0.6) is 11.5 Å². The van der Waals surface area contributed by atoms with E-state index in [1.165, 1.54) is 0 Å². The van der Waals surface area contributed by atoms with E-state index in [9.17, 15) is 0 Å². The maximum Gasteiger partial charge on any atom is 0.166 e. The molecule has 2 rings (SSSR count). The topological polar surface area (TPSA) is 57.4 Å². The molecular weight excluding hydrogens is 308 g/mol. The number of rotatable bonds is 7. The molecule has 0 fully saturated rings. The fraction of sp³-hybridized carbons (Fsp3) is 0.400. The van der Waals surface area contributed by atoms with E-state index in [1.807, 2.05) is 5.38 Å². The highest BCUT2D eigenvalue weighted by molar-refractivity contribution is 7.09. The molecule has 2 N–H and O–H groups in total. The van der Waals surface area contributed by atoms with E-state index in [-0.39, 0.29) is 0 Å². The number of nitrogens with zero attached hydrogens (tertiary/aromatic N) is 1. The summed E-state index contributed by atoms with van der Waals surface area (Å²) >= 11 is 7.70. The minimum absolute atomic E-state index is 0.338. The van der Waals surface area contributed by atoms with E-state index in [2.05, 4.69) is 11.9 Å². The van der Waals surface area contributed by atoms with Crippen LogP contribution in [-0.2, 0) is 19.6 Å². The number of nitrogens with two attached hydrogens (primary N) is 1. The smallest absolute Gasteiger partial charge is 0.166 e. The summed E-state index contributed by atoms with van der Waals surface area (Å²) in [4.78, 5) is 4.54. The summed E-state index contributed by atoms with van der Waals surface area (Å²) < 4.78 is 11.2. The van der Waals surface area contributed by atoms with Crippen molar-refractivity contribution in [2.45, 2.75) is 32.9 Å². The maximum atomic E-state index is 6.03. The first-order chi connectivity index (χ1) is 10.2. The van der Waals surface area contributed by atoms with Crippen LogP contribution in [0.2, 0.25) is 5.02 Å². The van der Waals surface area contributed by atoms with Crippen molar-refractivity contribution in [1.82, 2.24) is 4.98 Å². The number of thiazole rings is 1. The molecule has 21 heavy (non-hydrogen) atoms. The summed E-state index contributed by atoms with van der Waals surface area (Å²) in [7, 11) is 1.58. The second kappa shape index (κ2) is 7.64. The van der Waals surface area contributed by atoms with Crippen molar-refractivity contribution in [3.05, 3.63) is 38.8 Å². The molecule has 0 radical (unpaired) electrons. The summed E-state index contributed by atoms with van der Waals surface area (Å²) in [6.45, 7) is 2.87. The molecule has 1 aromatic carbocycles. The van der Waals surface area contributed by atoms with Crippen molar-refractivity contribution in [3.63, 3.8) is 0 Å². The Balaban J connectivity index is 2.14. The van der Waals surface area contributed by atoms with Gasteiger partial charge >= 0.3 is 0 Å². The van der Waals surface area contributed by atoms with Crippen molar-refractivity contribution in [1.29, 1.82) is 0 Å². The molecule has 4 nitrogen and oxygen atoms in total. The van der Waals surface area contributed by atoms with Crippen LogP contribution in [0, 0.1) is 0 Å². The standard InChI is InChI=1S/C15H19ClN2O2S/c1-3-4-14-18-12(9-21-14)8-20-15-10(7-17)5-11(16)6-13(15)19-2/h5-6,9H,3-4,7-8,17H2,1-2H3. The van der Waals surface area contributed by atoms with E-state index in [0.29, 0.717) is 29.7 Å². The zero-order chi connectivity index (χ0) is 15.2. The predicted molar refractivity (Wildman–Crippen MR) is 86.3 cm³/mol. The number of halogens is 1. The highest BCUT2D eigenvalue weighted by Gasteiger charge is 2.13. The largest absolute Gasteiger partial charge is 0.493 e. The Morgan fingerprint density at radius 2 is 2.19 bits per heavy atom. The van der Waals surface area contributed by atoms with Gasteiger partial charge < -0.3 is 15.2 Å². The average Bonchev–Trinajstić information content (AvgIpc) is 2.93. The third kappa shape index (κ3) is 4.09. The molecule has 0 amide bonds. The van der Waals surface area contributed by atoms with Gasteiger partial charge in [-0.3, -0.25) is 0 Å². The predicted octanol–water partition coefficient (Wildman–Crippen LogP) is 3.80.